The molecule has 1 saturated heterocycles. The van der Waals surface area contributed by atoms with Gasteiger partial charge in [0.2, 0.25) is 0 Å². The average Bonchev–Trinajstić information content (AvgIpc) is 1.85. The topological polar surface area (TPSA) is 23.5 Å². The Hall–Kier alpha value is -0.0800. The second kappa shape index (κ2) is 3.55. The Kier molecular flexibility index (Phi) is 2.90. The summed E-state index contributed by atoms with van der Waals surface area (Å²) in [5, 5.41) is 9.73. The quantitative estimate of drug-likeness (QED) is 0.652. The highest BCUT2D eigenvalue weighted by molar-refractivity contribution is 4.82. The van der Waals surface area contributed by atoms with E-state index in [2.05, 4.69) is 11.8 Å². The van der Waals surface area contributed by atoms with Crippen molar-refractivity contribution >= 4 is 0 Å². The molecule has 0 saturated carbocycles. The molecule has 0 unspecified atom stereocenters. The highest BCUT2D eigenvalue weighted by atomic mass is 16.3. The summed E-state index contributed by atoms with van der Waals surface area (Å²) >= 11 is 0. The lowest BCUT2D eigenvalue weighted by Gasteiger charge is -2.36. The molecule has 11 heavy (non-hydrogen) atoms. The molecule has 1 heterocycles. The predicted molar refractivity (Wildman–Crippen MR) is 46.6 cm³/mol. The zero-order valence-electron chi connectivity index (χ0n) is 7.64. The summed E-state index contributed by atoms with van der Waals surface area (Å²) in [4.78, 5) is 2.35. The second-order valence-electron chi connectivity index (χ2n) is 3.88. The van der Waals surface area contributed by atoms with Gasteiger partial charge >= 0.3 is 0 Å². The van der Waals surface area contributed by atoms with Gasteiger partial charge in [-0.2, -0.15) is 0 Å². The number of aliphatic hydroxyl groups is 1. The molecule has 1 aliphatic rings. The summed E-state index contributed by atoms with van der Waals surface area (Å²) in [7, 11) is 0. The third-order valence-corrected chi connectivity index (χ3v) is 2.29. The lowest BCUT2D eigenvalue weighted by atomic mass is 9.95. The molecule has 1 rings (SSSR count). The molecule has 1 fully saturated rings. The smallest absolute Gasteiger partial charge is 0.0746 e. The van der Waals surface area contributed by atoms with Crippen molar-refractivity contribution in [3.8, 4) is 0 Å². The number of hydrogen-bond acceptors (Lipinski definition) is 2. The van der Waals surface area contributed by atoms with Crippen LogP contribution in [0.5, 0.6) is 0 Å². The van der Waals surface area contributed by atoms with Crippen LogP contribution in [-0.2, 0) is 0 Å². The standard InChI is InChI=1S/C9H19NO/c1-3-6-10-7-4-5-9(2,11)8-10/h11H,3-8H2,1-2H3/t9-/m1/s1. The largest absolute Gasteiger partial charge is 0.389 e. The van der Waals surface area contributed by atoms with Crippen LogP contribution in [-0.4, -0.2) is 35.2 Å². The number of rotatable bonds is 2. The first-order valence-corrected chi connectivity index (χ1v) is 4.59. The van der Waals surface area contributed by atoms with Crippen molar-refractivity contribution in [1.82, 2.24) is 4.90 Å². The van der Waals surface area contributed by atoms with E-state index in [0.29, 0.717) is 0 Å². The zero-order valence-corrected chi connectivity index (χ0v) is 7.64. The summed E-state index contributed by atoms with van der Waals surface area (Å²) in [6, 6.07) is 0. The highest BCUT2D eigenvalue weighted by Crippen LogP contribution is 2.19. The maximum Gasteiger partial charge on any atom is 0.0746 e. The third kappa shape index (κ3) is 2.80. The van der Waals surface area contributed by atoms with Gasteiger partial charge in [0, 0.05) is 6.54 Å². The van der Waals surface area contributed by atoms with Crippen molar-refractivity contribution in [2.24, 2.45) is 0 Å². The normalized spacial score (nSPS) is 34.1. The van der Waals surface area contributed by atoms with E-state index >= 15 is 0 Å². The van der Waals surface area contributed by atoms with E-state index < -0.39 is 5.60 Å². The van der Waals surface area contributed by atoms with E-state index in [1.54, 1.807) is 0 Å². The van der Waals surface area contributed by atoms with E-state index in [0.717, 1.165) is 25.9 Å². The summed E-state index contributed by atoms with van der Waals surface area (Å²) in [6.07, 6.45) is 3.30. The molecular formula is C9H19NO. The van der Waals surface area contributed by atoms with Crippen LogP contribution in [0.3, 0.4) is 0 Å². The molecule has 0 bridgehead atoms. The van der Waals surface area contributed by atoms with Crippen LogP contribution in [0.25, 0.3) is 0 Å². The van der Waals surface area contributed by atoms with Crippen molar-refractivity contribution in [3.05, 3.63) is 0 Å². The maximum absolute atomic E-state index is 9.73. The van der Waals surface area contributed by atoms with Gasteiger partial charge in [-0.05, 0) is 39.3 Å². The second-order valence-corrected chi connectivity index (χ2v) is 3.88. The number of likely N-dealkylation sites (tertiary alicyclic amines) is 1. The number of nitrogens with zero attached hydrogens (tertiary/aromatic N) is 1. The molecule has 0 spiro atoms. The van der Waals surface area contributed by atoms with Crippen LogP contribution in [0.15, 0.2) is 0 Å². The van der Waals surface area contributed by atoms with Gasteiger partial charge in [-0.3, -0.25) is 0 Å². The summed E-state index contributed by atoms with van der Waals surface area (Å²) in [5.74, 6) is 0. The van der Waals surface area contributed by atoms with Gasteiger partial charge in [0.25, 0.3) is 0 Å². The Bertz CT molecular complexity index is 121. The van der Waals surface area contributed by atoms with Gasteiger partial charge in [0.05, 0.1) is 5.60 Å². The minimum absolute atomic E-state index is 0.423. The fraction of sp³-hybridized carbons (Fsp3) is 1.00. The molecule has 0 aliphatic carbocycles. The van der Waals surface area contributed by atoms with Gasteiger partial charge < -0.3 is 10.0 Å². The van der Waals surface area contributed by atoms with E-state index in [4.69, 9.17) is 0 Å². The van der Waals surface area contributed by atoms with Crippen LogP contribution in [0.2, 0.25) is 0 Å². The Labute approximate surface area is 69.2 Å². The predicted octanol–water partition coefficient (Wildman–Crippen LogP) is 1.24. The van der Waals surface area contributed by atoms with Crippen molar-refractivity contribution < 1.29 is 5.11 Å². The molecule has 2 heteroatoms. The van der Waals surface area contributed by atoms with Crippen molar-refractivity contribution in [1.29, 1.82) is 0 Å². The number of β-amino-alcohol motifs (C(OH)–C–C–N with tert-alkyl or cyclic N) is 1. The van der Waals surface area contributed by atoms with Crippen LogP contribution < -0.4 is 0 Å². The minimum atomic E-state index is -0.423. The molecule has 0 aromatic heterocycles. The highest BCUT2D eigenvalue weighted by Gasteiger charge is 2.27. The van der Waals surface area contributed by atoms with Crippen molar-refractivity contribution in [2.45, 2.75) is 38.7 Å². The molecule has 1 aliphatic heterocycles. The lowest BCUT2D eigenvalue weighted by Crippen LogP contribution is -2.46. The molecule has 0 aromatic carbocycles. The fourth-order valence-electron chi connectivity index (χ4n) is 1.83. The van der Waals surface area contributed by atoms with E-state index in [-0.39, 0.29) is 0 Å². The summed E-state index contributed by atoms with van der Waals surface area (Å²) in [6.45, 7) is 7.29. The summed E-state index contributed by atoms with van der Waals surface area (Å²) < 4.78 is 0. The molecule has 0 aromatic rings. The molecule has 1 N–H and O–H groups in total. The van der Waals surface area contributed by atoms with Crippen molar-refractivity contribution in [3.63, 3.8) is 0 Å². The number of piperidine rings is 1. The van der Waals surface area contributed by atoms with E-state index in [1.165, 1.54) is 13.0 Å². The first-order valence-electron chi connectivity index (χ1n) is 4.59. The average molecular weight is 157 g/mol. The molecule has 0 radical (unpaired) electrons. The van der Waals surface area contributed by atoms with Gasteiger partial charge in [-0.1, -0.05) is 6.92 Å². The minimum Gasteiger partial charge on any atom is -0.389 e. The maximum atomic E-state index is 9.73. The number of hydrogen-bond donors (Lipinski definition) is 1. The van der Waals surface area contributed by atoms with Crippen LogP contribution >= 0.6 is 0 Å². The first kappa shape index (κ1) is 9.01. The van der Waals surface area contributed by atoms with Gasteiger partial charge in [0.15, 0.2) is 0 Å². The van der Waals surface area contributed by atoms with E-state index in [9.17, 15) is 5.11 Å². The van der Waals surface area contributed by atoms with Gasteiger partial charge in [0.1, 0.15) is 0 Å². The van der Waals surface area contributed by atoms with Crippen LogP contribution in [0.4, 0.5) is 0 Å². The Morgan fingerprint density at radius 1 is 1.55 bits per heavy atom. The Morgan fingerprint density at radius 3 is 2.82 bits per heavy atom. The van der Waals surface area contributed by atoms with Gasteiger partial charge in [-0.25, -0.2) is 0 Å². The third-order valence-electron chi connectivity index (χ3n) is 2.29. The summed E-state index contributed by atoms with van der Waals surface area (Å²) in [5.41, 5.74) is -0.423. The molecule has 1 atom stereocenters. The van der Waals surface area contributed by atoms with Crippen molar-refractivity contribution in [2.75, 3.05) is 19.6 Å². The molecular weight excluding hydrogens is 138 g/mol. The van der Waals surface area contributed by atoms with Crippen LogP contribution in [0, 0.1) is 0 Å². The Balaban J connectivity index is 2.34. The lowest BCUT2D eigenvalue weighted by molar-refractivity contribution is -0.0153. The SMILES string of the molecule is CCCN1CCC[C@@](C)(O)C1. The van der Waals surface area contributed by atoms with E-state index in [1.807, 2.05) is 6.92 Å². The monoisotopic (exact) mass is 157 g/mol. The molecule has 2 nitrogen and oxygen atoms in total. The van der Waals surface area contributed by atoms with Gasteiger partial charge in [-0.15, -0.1) is 0 Å². The van der Waals surface area contributed by atoms with Crippen LogP contribution in [0.1, 0.15) is 33.1 Å². The zero-order chi connectivity index (χ0) is 8.32. The Morgan fingerprint density at radius 2 is 2.27 bits per heavy atom. The molecule has 66 valence electrons. The fourth-order valence-corrected chi connectivity index (χ4v) is 1.83. The molecule has 0 amide bonds. The first-order chi connectivity index (χ1) is 5.14.